The quantitative estimate of drug-likeness (QED) is 0.295. The highest BCUT2D eigenvalue weighted by Crippen LogP contribution is 2.18. The van der Waals surface area contributed by atoms with Gasteiger partial charge in [-0.05, 0) is 61.7 Å². The number of imidazole rings is 1. The molecule has 0 atom stereocenters. The van der Waals surface area contributed by atoms with E-state index in [0.29, 0.717) is 24.5 Å². The molecule has 1 heterocycles. The summed E-state index contributed by atoms with van der Waals surface area (Å²) in [6.45, 7) is 2.18. The monoisotopic (exact) mass is 457 g/mol. The van der Waals surface area contributed by atoms with E-state index in [1.807, 2.05) is 48.5 Å². The number of rotatable bonds is 12. The van der Waals surface area contributed by atoms with E-state index in [1.54, 1.807) is 19.2 Å². The molecule has 0 fully saturated rings. The third-order valence-corrected chi connectivity index (χ3v) is 5.72. The topological polar surface area (TPSA) is 65.4 Å². The third-order valence-electron chi connectivity index (χ3n) is 5.72. The molecule has 3 aromatic carbocycles. The number of hydrogen-bond acceptors (Lipinski definition) is 4. The number of methoxy groups -OCH3 is 1. The first-order chi connectivity index (χ1) is 16.7. The van der Waals surface area contributed by atoms with Crippen molar-refractivity contribution in [2.75, 3.05) is 20.3 Å². The molecule has 0 radical (unpaired) electrons. The van der Waals surface area contributed by atoms with E-state index in [-0.39, 0.29) is 5.91 Å². The molecule has 34 heavy (non-hydrogen) atoms. The van der Waals surface area contributed by atoms with Crippen molar-refractivity contribution in [3.05, 3.63) is 90.3 Å². The molecule has 0 spiro atoms. The average molecular weight is 458 g/mol. The first-order valence-corrected chi connectivity index (χ1v) is 11.8. The SMILES string of the molecule is COc1cccc(C(=O)NCCCc2nc3ccccc3n2CCCCOc2ccccc2)c1. The summed E-state index contributed by atoms with van der Waals surface area (Å²) in [6, 6.07) is 25.4. The van der Waals surface area contributed by atoms with E-state index in [1.165, 1.54) is 0 Å². The molecule has 0 saturated carbocycles. The summed E-state index contributed by atoms with van der Waals surface area (Å²) in [6.07, 6.45) is 3.59. The molecule has 0 saturated heterocycles. The molecule has 4 aromatic rings. The third kappa shape index (κ3) is 6.16. The molecule has 1 aromatic heterocycles. The molecule has 6 heteroatoms. The number of amides is 1. The van der Waals surface area contributed by atoms with Gasteiger partial charge in [-0.2, -0.15) is 0 Å². The maximum Gasteiger partial charge on any atom is 0.251 e. The van der Waals surface area contributed by atoms with Crippen LogP contribution in [0.1, 0.15) is 35.4 Å². The van der Waals surface area contributed by atoms with Gasteiger partial charge in [0.05, 0.1) is 24.8 Å². The molecular weight excluding hydrogens is 426 g/mol. The largest absolute Gasteiger partial charge is 0.497 e. The van der Waals surface area contributed by atoms with E-state index in [4.69, 9.17) is 14.5 Å². The van der Waals surface area contributed by atoms with Crippen LogP contribution in [0.15, 0.2) is 78.9 Å². The van der Waals surface area contributed by atoms with Gasteiger partial charge in [0.25, 0.3) is 5.91 Å². The number of aryl methyl sites for hydroxylation is 2. The molecule has 4 rings (SSSR count). The van der Waals surface area contributed by atoms with Crippen molar-refractivity contribution in [1.29, 1.82) is 0 Å². The van der Waals surface area contributed by atoms with Gasteiger partial charge in [0, 0.05) is 25.1 Å². The molecule has 0 bridgehead atoms. The zero-order valence-electron chi connectivity index (χ0n) is 19.6. The molecular formula is C28H31N3O3. The predicted octanol–water partition coefficient (Wildman–Crippen LogP) is 5.27. The second-order valence-electron chi connectivity index (χ2n) is 8.13. The van der Waals surface area contributed by atoms with Gasteiger partial charge >= 0.3 is 0 Å². The van der Waals surface area contributed by atoms with Gasteiger partial charge in [0.1, 0.15) is 17.3 Å². The van der Waals surface area contributed by atoms with Crippen molar-refractivity contribution >= 4 is 16.9 Å². The molecule has 1 amide bonds. The zero-order valence-corrected chi connectivity index (χ0v) is 19.6. The lowest BCUT2D eigenvalue weighted by Gasteiger charge is -2.11. The summed E-state index contributed by atoms with van der Waals surface area (Å²) in [5.41, 5.74) is 2.77. The fourth-order valence-electron chi connectivity index (χ4n) is 3.96. The Kier molecular flexibility index (Phi) is 8.17. The number of aromatic nitrogens is 2. The Morgan fingerprint density at radius 2 is 1.71 bits per heavy atom. The van der Waals surface area contributed by atoms with Crippen molar-refractivity contribution in [2.45, 2.75) is 32.2 Å². The summed E-state index contributed by atoms with van der Waals surface area (Å²) >= 11 is 0. The van der Waals surface area contributed by atoms with Crippen LogP contribution in [0.3, 0.4) is 0 Å². The predicted molar refractivity (Wildman–Crippen MR) is 135 cm³/mol. The number of para-hydroxylation sites is 3. The van der Waals surface area contributed by atoms with Crippen molar-refractivity contribution in [1.82, 2.24) is 14.9 Å². The van der Waals surface area contributed by atoms with Gasteiger partial charge in [-0.25, -0.2) is 4.98 Å². The Morgan fingerprint density at radius 3 is 2.56 bits per heavy atom. The van der Waals surface area contributed by atoms with Crippen LogP contribution in [0.25, 0.3) is 11.0 Å². The molecule has 0 unspecified atom stereocenters. The van der Waals surface area contributed by atoms with E-state index >= 15 is 0 Å². The van der Waals surface area contributed by atoms with Gasteiger partial charge in [-0.1, -0.05) is 36.4 Å². The summed E-state index contributed by atoms with van der Waals surface area (Å²) in [5, 5.41) is 3.00. The van der Waals surface area contributed by atoms with Crippen molar-refractivity contribution in [3.63, 3.8) is 0 Å². The van der Waals surface area contributed by atoms with Gasteiger partial charge in [-0.15, -0.1) is 0 Å². The van der Waals surface area contributed by atoms with Crippen LogP contribution in [0, 0.1) is 0 Å². The van der Waals surface area contributed by atoms with Gasteiger partial charge in [0.2, 0.25) is 0 Å². The number of hydrogen-bond donors (Lipinski definition) is 1. The lowest BCUT2D eigenvalue weighted by atomic mass is 10.2. The van der Waals surface area contributed by atoms with E-state index < -0.39 is 0 Å². The summed E-state index contributed by atoms with van der Waals surface area (Å²) in [7, 11) is 1.60. The second kappa shape index (κ2) is 11.9. The highest BCUT2D eigenvalue weighted by atomic mass is 16.5. The van der Waals surface area contributed by atoms with Crippen molar-refractivity contribution in [2.24, 2.45) is 0 Å². The van der Waals surface area contributed by atoms with Crippen LogP contribution in [-0.4, -0.2) is 35.7 Å². The average Bonchev–Trinajstić information content (AvgIpc) is 3.24. The fraction of sp³-hybridized carbons (Fsp3) is 0.286. The van der Waals surface area contributed by atoms with E-state index in [0.717, 1.165) is 54.8 Å². The minimum absolute atomic E-state index is 0.0918. The molecule has 0 aliphatic carbocycles. The number of ether oxygens (including phenoxy) is 2. The first kappa shape index (κ1) is 23.4. The van der Waals surface area contributed by atoms with E-state index in [2.05, 4.69) is 28.1 Å². The van der Waals surface area contributed by atoms with Crippen LogP contribution in [0.5, 0.6) is 11.5 Å². The van der Waals surface area contributed by atoms with Crippen LogP contribution in [-0.2, 0) is 13.0 Å². The number of fused-ring (bicyclic) bond motifs is 1. The van der Waals surface area contributed by atoms with Crippen LogP contribution < -0.4 is 14.8 Å². The van der Waals surface area contributed by atoms with Gasteiger partial charge in [0.15, 0.2) is 0 Å². The molecule has 1 N–H and O–H groups in total. The number of carbonyl (C=O) groups is 1. The zero-order chi connectivity index (χ0) is 23.6. The summed E-state index contributed by atoms with van der Waals surface area (Å²) < 4.78 is 13.3. The summed E-state index contributed by atoms with van der Waals surface area (Å²) in [5.74, 6) is 2.55. The maximum absolute atomic E-state index is 12.4. The lowest BCUT2D eigenvalue weighted by molar-refractivity contribution is 0.0952. The Balaban J connectivity index is 1.29. The molecule has 0 aliphatic rings. The molecule has 6 nitrogen and oxygen atoms in total. The highest BCUT2D eigenvalue weighted by molar-refractivity contribution is 5.94. The van der Waals surface area contributed by atoms with Crippen LogP contribution in [0.2, 0.25) is 0 Å². The Labute approximate surface area is 200 Å². The highest BCUT2D eigenvalue weighted by Gasteiger charge is 2.11. The van der Waals surface area contributed by atoms with Gasteiger partial charge < -0.3 is 19.4 Å². The smallest absolute Gasteiger partial charge is 0.251 e. The number of unbranched alkanes of at least 4 members (excludes halogenated alkanes) is 1. The second-order valence-corrected chi connectivity index (χ2v) is 8.13. The minimum Gasteiger partial charge on any atom is -0.497 e. The number of nitrogens with zero attached hydrogens (tertiary/aromatic N) is 2. The Hall–Kier alpha value is -3.80. The maximum atomic E-state index is 12.4. The number of benzene rings is 3. The first-order valence-electron chi connectivity index (χ1n) is 11.8. The van der Waals surface area contributed by atoms with Gasteiger partial charge in [-0.3, -0.25) is 4.79 Å². The lowest BCUT2D eigenvalue weighted by Crippen LogP contribution is -2.25. The normalized spacial score (nSPS) is 10.9. The summed E-state index contributed by atoms with van der Waals surface area (Å²) in [4.78, 5) is 17.3. The molecule has 176 valence electrons. The van der Waals surface area contributed by atoms with Crippen LogP contribution in [0.4, 0.5) is 0 Å². The number of nitrogens with one attached hydrogen (secondary N) is 1. The minimum atomic E-state index is -0.0918. The number of carbonyl (C=O) groups excluding carboxylic acids is 1. The van der Waals surface area contributed by atoms with Crippen LogP contribution >= 0.6 is 0 Å². The fourth-order valence-corrected chi connectivity index (χ4v) is 3.96. The Morgan fingerprint density at radius 1 is 0.912 bits per heavy atom. The molecule has 0 aliphatic heterocycles. The standard InChI is InChI=1S/C28H31N3O3/c1-33-24-14-9-11-22(21-24)28(32)29-18-10-17-27-30-25-15-5-6-16-26(25)31(27)19-7-8-20-34-23-12-3-2-4-13-23/h2-6,9,11-16,21H,7-8,10,17-20H2,1H3,(H,29,32). The van der Waals surface area contributed by atoms with Crippen molar-refractivity contribution < 1.29 is 14.3 Å². The van der Waals surface area contributed by atoms with Crippen molar-refractivity contribution in [3.8, 4) is 11.5 Å². The van der Waals surface area contributed by atoms with E-state index in [9.17, 15) is 4.79 Å². The Bertz CT molecular complexity index is 1200.